The quantitative estimate of drug-likeness (QED) is 0.315. The summed E-state index contributed by atoms with van der Waals surface area (Å²) >= 11 is 0. The molecule has 1 aromatic heterocycles. The molecule has 0 N–H and O–H groups in total. The summed E-state index contributed by atoms with van der Waals surface area (Å²) in [5, 5.41) is 14.6. The summed E-state index contributed by atoms with van der Waals surface area (Å²) in [6, 6.07) is 8.78. The van der Waals surface area contributed by atoms with Crippen LogP contribution in [0.2, 0.25) is 0 Å². The summed E-state index contributed by atoms with van der Waals surface area (Å²) in [7, 11) is -4.46. The van der Waals surface area contributed by atoms with Crippen LogP contribution in [0.5, 0.6) is 5.88 Å². The smallest absolute Gasteiger partial charge is 2.00 e. The molecule has 0 amide bonds. The van der Waals surface area contributed by atoms with Gasteiger partial charge in [-0.15, -0.1) is 6.42 Å². The molecule has 0 bridgehead atoms. The molecule has 0 saturated carbocycles. The van der Waals surface area contributed by atoms with Gasteiger partial charge in [0, 0.05) is 25.6 Å². The third kappa shape index (κ3) is 69.7. The van der Waals surface area contributed by atoms with Gasteiger partial charge in [0.2, 0.25) is 5.88 Å². The fourth-order valence-electron chi connectivity index (χ4n) is 0.744. The molecule has 0 aliphatic rings. The number of hydrogen-bond donors (Lipinski definition) is 0. The van der Waals surface area contributed by atoms with Crippen LogP contribution < -0.4 is 4.74 Å². The Morgan fingerprint density at radius 2 is 1.48 bits per heavy atom. The minimum Gasteiger partial charge on any atom is 2.00 e. The molecule has 0 spiro atoms. The molecule has 0 saturated heterocycles. The van der Waals surface area contributed by atoms with Crippen molar-refractivity contribution in [2.24, 2.45) is 0 Å². The molecule has 1 rings (SSSR count). The number of nitrogens with zero attached hydrogens (tertiary/aromatic N) is 3. The zero-order chi connectivity index (χ0) is 22.0. The van der Waals surface area contributed by atoms with E-state index in [1.165, 1.54) is 21.0 Å². The maximum absolute atomic E-state index is 9.97. The van der Waals surface area contributed by atoms with Crippen LogP contribution in [0.3, 0.4) is 0 Å². The van der Waals surface area contributed by atoms with Gasteiger partial charge in [0.05, 0.1) is 19.2 Å². The average molecular weight is 431 g/mol. The van der Waals surface area contributed by atoms with Crippen molar-refractivity contribution in [3.63, 3.8) is 0 Å². The first-order valence-corrected chi connectivity index (χ1v) is 5.94. The van der Waals surface area contributed by atoms with E-state index >= 15 is 0 Å². The SMILES string of the molecule is CC#N.CC#N.COc1cccc(C[C-]=O)n1.F[B-](F)(F)F.[C-]#[O+].[C-]#[O+].[Fe+2]. The van der Waals surface area contributed by atoms with E-state index in [1.807, 2.05) is 0 Å². The van der Waals surface area contributed by atoms with E-state index in [0.29, 0.717) is 11.6 Å². The zero-order valence-corrected chi connectivity index (χ0v) is 15.5. The van der Waals surface area contributed by atoms with Crippen LogP contribution in [-0.2, 0) is 37.6 Å². The van der Waals surface area contributed by atoms with E-state index in [1.54, 1.807) is 36.6 Å². The van der Waals surface area contributed by atoms with Gasteiger partial charge in [-0.2, -0.15) is 10.5 Å². The molecule has 0 radical (unpaired) electrons. The summed E-state index contributed by atoms with van der Waals surface area (Å²) < 4.78 is 58.9. The van der Waals surface area contributed by atoms with E-state index < -0.39 is 7.25 Å². The van der Waals surface area contributed by atoms with Crippen molar-refractivity contribution in [3.8, 4) is 18.0 Å². The first kappa shape index (κ1) is 39.5. The van der Waals surface area contributed by atoms with E-state index in [0.717, 1.165) is 0 Å². The van der Waals surface area contributed by atoms with Gasteiger partial charge in [-0.3, -0.25) is 6.29 Å². The Morgan fingerprint density at radius 1 is 1.15 bits per heavy atom. The van der Waals surface area contributed by atoms with Crippen molar-refractivity contribution in [2.45, 2.75) is 20.3 Å². The van der Waals surface area contributed by atoms with E-state index in [4.69, 9.17) is 24.6 Å². The Kier molecular flexibility index (Phi) is 50.7. The summed E-state index contributed by atoms with van der Waals surface area (Å²) in [6.07, 6.45) is 1.99. The maximum atomic E-state index is 9.97. The third-order valence-corrected chi connectivity index (χ3v) is 1.24. The Morgan fingerprint density at radius 3 is 1.74 bits per heavy atom. The largest absolute Gasteiger partial charge is 2.00 e. The Labute approximate surface area is 165 Å². The number of hydrogen-bond acceptors (Lipinski definition) is 5. The first-order chi connectivity index (χ1) is 12.2. The second-order valence-corrected chi connectivity index (χ2v) is 2.93. The predicted octanol–water partition coefficient (Wildman–Crippen LogP) is 3.02. The number of pyridine rings is 1. The monoisotopic (exact) mass is 431 g/mol. The average Bonchev–Trinajstić information content (AvgIpc) is 2.59. The topological polar surface area (TPSA) is 127 Å². The summed E-state index contributed by atoms with van der Waals surface area (Å²) in [6.45, 7) is 11.9. The van der Waals surface area contributed by atoms with Crippen LogP contribution in [0.4, 0.5) is 17.3 Å². The van der Waals surface area contributed by atoms with Crippen molar-refractivity contribution >= 4 is 13.5 Å². The summed E-state index contributed by atoms with van der Waals surface area (Å²) in [5.41, 5.74) is 0.680. The number of halogens is 4. The number of methoxy groups -OCH3 is 1. The van der Waals surface area contributed by atoms with Gasteiger partial charge >= 0.3 is 46.9 Å². The number of carbonyl (C=O) groups excluding carboxylic acids is 1. The third-order valence-electron chi connectivity index (χ3n) is 1.24. The van der Waals surface area contributed by atoms with Gasteiger partial charge in [0.25, 0.3) is 0 Å². The number of nitriles is 2. The zero-order valence-electron chi connectivity index (χ0n) is 14.4. The summed E-state index contributed by atoms with van der Waals surface area (Å²) in [4.78, 5) is 14.0. The van der Waals surface area contributed by atoms with Crippen LogP contribution in [-0.4, -0.2) is 25.6 Å². The van der Waals surface area contributed by atoms with Crippen LogP contribution in [0, 0.1) is 36.0 Å². The molecule has 13 heteroatoms. The second kappa shape index (κ2) is 34.7. The molecule has 27 heavy (non-hydrogen) atoms. The normalized spacial score (nSPS) is 6.70. The van der Waals surface area contributed by atoms with Gasteiger partial charge in [-0.25, -0.2) is 4.98 Å². The Hall–Kier alpha value is -2.62. The van der Waals surface area contributed by atoms with Crippen LogP contribution in [0.15, 0.2) is 18.2 Å². The molecule has 148 valence electrons. The fourth-order valence-corrected chi connectivity index (χ4v) is 0.744. The molecule has 1 aromatic rings. The Balaban J connectivity index is -0.0000000586. The van der Waals surface area contributed by atoms with Crippen molar-refractivity contribution in [2.75, 3.05) is 7.11 Å². The Bertz CT molecular complexity index is 549. The van der Waals surface area contributed by atoms with Gasteiger partial charge in [-0.1, -0.05) is 6.07 Å². The van der Waals surface area contributed by atoms with Gasteiger partial charge in [0.15, 0.2) is 0 Å². The van der Waals surface area contributed by atoms with Crippen molar-refractivity contribution in [1.82, 2.24) is 4.98 Å². The van der Waals surface area contributed by atoms with Gasteiger partial charge < -0.3 is 26.8 Å². The minimum atomic E-state index is -6.00. The van der Waals surface area contributed by atoms with E-state index in [9.17, 15) is 22.1 Å². The molecule has 1 heterocycles. The standard InChI is InChI=1S/C8H8NO2.2C2H3N.2CO.BF4.Fe/c1-11-8-4-2-3-7(9-8)5-6-10;2*1-2-3;2*1-2;2-1(3,4)5;/h2-4H,5H2,1H3;2*1H3;;;;/q-1;;;;;-1;+2. The first-order valence-electron chi connectivity index (χ1n) is 5.94. The maximum Gasteiger partial charge on any atom is 2.00 e. The molecule has 0 fully saturated rings. The molecule has 7 nitrogen and oxygen atoms in total. The minimum absolute atomic E-state index is 0. The van der Waals surface area contributed by atoms with Crippen molar-refractivity contribution in [1.29, 1.82) is 10.5 Å². The fraction of sp³-hybridized carbons (Fsp3) is 0.286. The second-order valence-electron chi connectivity index (χ2n) is 2.93. The molecule has 0 unspecified atom stereocenters. The molecule has 0 atom stereocenters. The number of ether oxygens (including phenoxy) is 1. The van der Waals surface area contributed by atoms with E-state index in [2.05, 4.69) is 18.3 Å². The summed E-state index contributed by atoms with van der Waals surface area (Å²) in [5.74, 6) is 0.526. The molecular formula is C14H14BF4FeN3O4. The molecule has 0 aliphatic heterocycles. The number of aromatic nitrogens is 1. The molecule has 0 aliphatic carbocycles. The van der Waals surface area contributed by atoms with Crippen molar-refractivity contribution < 1.29 is 53.2 Å². The predicted molar refractivity (Wildman–Crippen MR) is 80.8 cm³/mol. The number of rotatable bonds is 3. The van der Waals surface area contributed by atoms with Crippen LogP contribution in [0.1, 0.15) is 19.5 Å². The van der Waals surface area contributed by atoms with Crippen LogP contribution in [0.25, 0.3) is 0 Å². The van der Waals surface area contributed by atoms with Gasteiger partial charge in [-0.05, 0) is 6.07 Å². The van der Waals surface area contributed by atoms with E-state index in [-0.39, 0.29) is 23.5 Å². The van der Waals surface area contributed by atoms with Gasteiger partial charge in [0.1, 0.15) is 0 Å². The van der Waals surface area contributed by atoms with Crippen molar-refractivity contribution in [3.05, 3.63) is 37.2 Å². The van der Waals surface area contributed by atoms with Crippen LogP contribution >= 0.6 is 0 Å². The molecule has 0 aromatic carbocycles. The molecular weight excluding hydrogens is 417 g/mol.